The van der Waals surface area contributed by atoms with Gasteiger partial charge in [-0.15, -0.1) is 24.9 Å². The number of carbonyl (C=O) groups excluding carboxylic acids is 2. The lowest BCUT2D eigenvalue weighted by molar-refractivity contribution is -0.274. The van der Waals surface area contributed by atoms with Gasteiger partial charge in [-0.1, -0.05) is 18.2 Å². The van der Waals surface area contributed by atoms with E-state index in [-0.39, 0.29) is 23.6 Å². The number of nitrogens with one attached hydrogen (secondary N) is 2. The van der Waals surface area contributed by atoms with Gasteiger partial charge in [-0.05, 0) is 60.2 Å². The van der Waals surface area contributed by atoms with E-state index in [0.29, 0.717) is 22.2 Å². The van der Waals surface area contributed by atoms with Crippen molar-refractivity contribution >= 4 is 46.4 Å². The Hall–Kier alpha value is -4.65. The highest BCUT2D eigenvalue weighted by molar-refractivity contribution is 7.99. The molecule has 0 saturated heterocycles. The summed E-state index contributed by atoms with van der Waals surface area (Å²) in [5, 5.41) is 7.54. The first kappa shape index (κ1) is 31.3. The van der Waals surface area contributed by atoms with Gasteiger partial charge in [0.05, 0.1) is 23.0 Å². The number of amides is 2. The zero-order chi connectivity index (χ0) is 31.0. The van der Waals surface area contributed by atoms with Gasteiger partial charge in [0.15, 0.2) is 0 Å². The topological polar surface area (TPSA) is 95.9 Å². The van der Waals surface area contributed by atoms with Crippen molar-refractivity contribution in [3.8, 4) is 5.75 Å². The van der Waals surface area contributed by atoms with Crippen molar-refractivity contribution in [2.24, 2.45) is 5.10 Å². The fourth-order valence-corrected chi connectivity index (χ4v) is 4.88. The number of halogens is 4. The minimum atomic E-state index is -4.81. The van der Waals surface area contributed by atoms with Crippen LogP contribution in [0.4, 0.5) is 23.2 Å². The van der Waals surface area contributed by atoms with Crippen LogP contribution >= 0.6 is 11.8 Å². The van der Waals surface area contributed by atoms with Crippen LogP contribution < -0.4 is 15.5 Å². The number of hydrazone groups is 1. The number of carbonyl (C=O) groups is 2. The molecule has 4 rings (SSSR count). The van der Waals surface area contributed by atoms with Gasteiger partial charge in [-0.2, -0.15) is 5.10 Å². The molecule has 0 aliphatic rings. The molecule has 0 saturated carbocycles. The molecule has 1 aromatic heterocycles. The van der Waals surface area contributed by atoms with E-state index in [2.05, 4.69) is 25.6 Å². The molecule has 8 nitrogen and oxygen atoms in total. The van der Waals surface area contributed by atoms with Gasteiger partial charge in [0.25, 0.3) is 5.91 Å². The molecule has 2 N–H and O–H groups in total. The summed E-state index contributed by atoms with van der Waals surface area (Å²) in [6, 6.07) is 18.0. The smallest absolute Gasteiger partial charge is 0.406 e. The fraction of sp³-hybridized carbons (Fsp3) is 0.200. The Morgan fingerprint density at radius 3 is 2.47 bits per heavy atom. The van der Waals surface area contributed by atoms with Crippen molar-refractivity contribution in [2.45, 2.75) is 23.7 Å². The number of aromatic nitrogens is 1. The average Bonchev–Trinajstić information content (AvgIpc) is 2.96. The van der Waals surface area contributed by atoms with Crippen molar-refractivity contribution in [1.82, 2.24) is 15.3 Å². The standard InChI is InChI=1S/C30H27F4N5O3S/c1-39(2)27(40)15-21(18-43-23-6-4-3-5-7-23)37-28-24-14-20(31)10-13-26(24)35-17-25(28)29(41)38-36-16-19-8-11-22(12-9-19)42-30(32,33)34/h3-14,16-17,21H,15,18H2,1-2H3,(H,35,37)(H,38,41)/b36-16+/t21-/m1/s1. The van der Waals surface area contributed by atoms with Gasteiger partial charge >= 0.3 is 6.36 Å². The molecule has 0 unspecified atom stereocenters. The third-order valence-electron chi connectivity index (χ3n) is 6.03. The van der Waals surface area contributed by atoms with Gasteiger partial charge in [-0.25, -0.2) is 9.82 Å². The van der Waals surface area contributed by atoms with Crippen molar-refractivity contribution in [1.29, 1.82) is 0 Å². The molecular formula is C30H27F4N5O3S. The second-order valence-electron chi connectivity index (χ2n) is 9.48. The number of thioether (sulfide) groups is 1. The highest BCUT2D eigenvalue weighted by atomic mass is 32.2. The van der Waals surface area contributed by atoms with Crippen molar-refractivity contribution < 1.29 is 31.9 Å². The Labute approximate surface area is 249 Å². The van der Waals surface area contributed by atoms with E-state index in [1.165, 1.54) is 59.4 Å². The van der Waals surface area contributed by atoms with Crippen LogP contribution in [-0.4, -0.2) is 60.2 Å². The molecule has 0 bridgehead atoms. The molecule has 0 aliphatic heterocycles. The summed E-state index contributed by atoms with van der Waals surface area (Å²) in [4.78, 5) is 32.7. The zero-order valence-corrected chi connectivity index (χ0v) is 23.9. The lowest BCUT2D eigenvalue weighted by Gasteiger charge is -2.23. The normalized spacial score (nSPS) is 12.2. The maximum absolute atomic E-state index is 14.4. The highest BCUT2D eigenvalue weighted by Gasteiger charge is 2.31. The highest BCUT2D eigenvalue weighted by Crippen LogP contribution is 2.30. The van der Waals surface area contributed by atoms with Gasteiger partial charge in [0.1, 0.15) is 11.6 Å². The fourth-order valence-electron chi connectivity index (χ4n) is 3.94. The molecule has 4 aromatic rings. The first-order valence-corrected chi connectivity index (χ1v) is 13.9. The lowest BCUT2D eigenvalue weighted by atomic mass is 10.1. The SMILES string of the molecule is CN(C)C(=O)C[C@H](CSc1ccccc1)Nc1c(C(=O)N/N=C/c2ccc(OC(F)(F)F)cc2)cnc2ccc(F)cc12. The quantitative estimate of drug-likeness (QED) is 0.0921. The molecule has 3 aromatic carbocycles. The second kappa shape index (κ2) is 14.0. The van der Waals surface area contributed by atoms with Crippen LogP contribution in [0.2, 0.25) is 0 Å². The van der Waals surface area contributed by atoms with E-state index in [0.717, 1.165) is 17.0 Å². The van der Waals surface area contributed by atoms with Crippen LogP contribution in [0.15, 0.2) is 89.0 Å². The number of hydrogen-bond acceptors (Lipinski definition) is 7. The number of fused-ring (bicyclic) bond motifs is 1. The average molecular weight is 614 g/mol. The number of hydrogen-bond donors (Lipinski definition) is 2. The number of benzene rings is 3. The van der Waals surface area contributed by atoms with Crippen molar-refractivity contribution in [2.75, 3.05) is 25.2 Å². The third-order valence-corrected chi connectivity index (χ3v) is 7.21. The minimum absolute atomic E-state index is 0.0520. The van der Waals surface area contributed by atoms with E-state index in [4.69, 9.17) is 0 Å². The summed E-state index contributed by atoms with van der Waals surface area (Å²) in [7, 11) is 3.30. The summed E-state index contributed by atoms with van der Waals surface area (Å²) in [5.41, 5.74) is 3.53. The van der Waals surface area contributed by atoms with E-state index >= 15 is 0 Å². The van der Waals surface area contributed by atoms with E-state index < -0.39 is 29.9 Å². The lowest BCUT2D eigenvalue weighted by Crippen LogP contribution is -2.33. The first-order valence-electron chi connectivity index (χ1n) is 12.9. The number of rotatable bonds is 11. The van der Waals surface area contributed by atoms with Gasteiger partial charge in [0, 0.05) is 48.8 Å². The maximum atomic E-state index is 14.4. The Morgan fingerprint density at radius 2 is 1.79 bits per heavy atom. The Balaban J connectivity index is 1.59. The summed E-state index contributed by atoms with van der Waals surface area (Å²) < 4.78 is 55.4. The summed E-state index contributed by atoms with van der Waals surface area (Å²) in [5.74, 6) is -1.30. The van der Waals surface area contributed by atoms with Crippen molar-refractivity contribution in [3.63, 3.8) is 0 Å². The van der Waals surface area contributed by atoms with E-state index in [1.807, 2.05) is 30.3 Å². The second-order valence-corrected chi connectivity index (χ2v) is 10.6. The van der Waals surface area contributed by atoms with Crippen LogP contribution in [-0.2, 0) is 4.79 Å². The molecule has 0 spiro atoms. The van der Waals surface area contributed by atoms with Gasteiger partial charge in [0.2, 0.25) is 5.91 Å². The third kappa shape index (κ3) is 9.17. The summed E-state index contributed by atoms with van der Waals surface area (Å²) >= 11 is 1.52. The largest absolute Gasteiger partial charge is 0.573 e. The predicted molar refractivity (Wildman–Crippen MR) is 158 cm³/mol. The maximum Gasteiger partial charge on any atom is 0.573 e. The molecule has 13 heteroatoms. The minimum Gasteiger partial charge on any atom is -0.406 e. The van der Waals surface area contributed by atoms with Crippen LogP contribution in [0.1, 0.15) is 22.3 Å². The number of anilines is 1. The first-order chi connectivity index (χ1) is 20.5. The molecule has 0 aliphatic carbocycles. The number of pyridine rings is 1. The van der Waals surface area contributed by atoms with Crippen molar-refractivity contribution in [3.05, 3.63) is 95.9 Å². The molecule has 2 amide bonds. The van der Waals surface area contributed by atoms with E-state index in [1.54, 1.807) is 14.1 Å². The Kier molecular flexibility index (Phi) is 10.2. The molecule has 224 valence electrons. The number of ether oxygens (including phenoxy) is 1. The number of alkyl halides is 3. The van der Waals surface area contributed by atoms with Gasteiger partial charge < -0.3 is 15.0 Å². The van der Waals surface area contributed by atoms with Gasteiger partial charge in [-0.3, -0.25) is 14.6 Å². The molecule has 0 fully saturated rings. The molecular weight excluding hydrogens is 586 g/mol. The van der Waals surface area contributed by atoms with Crippen LogP contribution in [0.3, 0.4) is 0 Å². The van der Waals surface area contributed by atoms with E-state index in [9.17, 15) is 27.2 Å². The Bertz CT molecular complexity index is 1600. The van der Waals surface area contributed by atoms with Crippen LogP contribution in [0, 0.1) is 5.82 Å². The zero-order valence-electron chi connectivity index (χ0n) is 23.1. The Morgan fingerprint density at radius 1 is 1.07 bits per heavy atom. The molecule has 1 atom stereocenters. The molecule has 0 radical (unpaired) electrons. The van der Waals surface area contributed by atoms with Crippen LogP contribution in [0.25, 0.3) is 10.9 Å². The number of nitrogens with zero attached hydrogens (tertiary/aromatic N) is 3. The van der Waals surface area contributed by atoms with Crippen LogP contribution in [0.5, 0.6) is 5.75 Å². The summed E-state index contributed by atoms with van der Waals surface area (Å²) in [6.45, 7) is 0. The molecule has 1 heterocycles. The monoisotopic (exact) mass is 613 g/mol. The summed E-state index contributed by atoms with van der Waals surface area (Å²) in [6.07, 6.45) is -2.15. The predicted octanol–water partition coefficient (Wildman–Crippen LogP) is 6.09. The molecule has 43 heavy (non-hydrogen) atoms.